The number of methoxy groups -OCH3 is 1. The number of carbonyl (C=O) groups excluding carboxylic acids is 2. The summed E-state index contributed by atoms with van der Waals surface area (Å²) in [6.45, 7) is 0. The number of rotatable bonds is 4. The number of aliphatic hydroxyl groups excluding tert-OH is 1. The second kappa shape index (κ2) is 7.71. The SMILES string of the molecule is COc1cccc(/C(O)=C2\C(=O)C(=O)N(c3ccccc3O)C2c2cccnc2)c1. The number of nitrogens with zero attached hydrogens (tertiary/aromatic N) is 2. The van der Waals surface area contributed by atoms with Crippen LogP contribution in [0.4, 0.5) is 5.69 Å². The maximum absolute atomic E-state index is 13.0. The lowest BCUT2D eigenvalue weighted by Crippen LogP contribution is -2.29. The molecule has 150 valence electrons. The molecule has 2 aromatic carbocycles. The lowest BCUT2D eigenvalue weighted by atomic mass is 9.96. The molecule has 1 atom stereocenters. The number of anilines is 1. The fourth-order valence-electron chi connectivity index (χ4n) is 3.53. The molecule has 3 aromatic rings. The van der Waals surface area contributed by atoms with Crippen LogP contribution < -0.4 is 9.64 Å². The fourth-order valence-corrected chi connectivity index (χ4v) is 3.53. The van der Waals surface area contributed by atoms with Gasteiger partial charge in [0.05, 0.1) is 24.4 Å². The van der Waals surface area contributed by atoms with E-state index in [-0.39, 0.29) is 22.8 Å². The van der Waals surface area contributed by atoms with Gasteiger partial charge in [-0.2, -0.15) is 0 Å². The molecule has 1 saturated heterocycles. The Morgan fingerprint density at radius 1 is 1.07 bits per heavy atom. The van der Waals surface area contributed by atoms with Crippen LogP contribution in [0.15, 0.2) is 78.6 Å². The summed E-state index contributed by atoms with van der Waals surface area (Å²) in [5.74, 6) is -1.71. The van der Waals surface area contributed by atoms with Crippen molar-refractivity contribution >= 4 is 23.1 Å². The van der Waals surface area contributed by atoms with Crippen LogP contribution in [0.5, 0.6) is 11.5 Å². The van der Waals surface area contributed by atoms with Gasteiger partial charge in [-0.1, -0.05) is 30.3 Å². The molecule has 0 spiro atoms. The average molecular weight is 402 g/mol. The minimum Gasteiger partial charge on any atom is -0.507 e. The molecule has 2 N–H and O–H groups in total. The Labute approximate surface area is 172 Å². The Morgan fingerprint density at radius 2 is 1.87 bits per heavy atom. The Kier molecular flexibility index (Phi) is 4.93. The van der Waals surface area contributed by atoms with Crippen LogP contribution in [-0.4, -0.2) is 34.0 Å². The highest BCUT2D eigenvalue weighted by atomic mass is 16.5. The van der Waals surface area contributed by atoms with E-state index in [0.29, 0.717) is 16.9 Å². The zero-order chi connectivity index (χ0) is 21.3. The molecular formula is C23H18N2O5. The van der Waals surface area contributed by atoms with E-state index in [1.165, 1.54) is 30.3 Å². The highest BCUT2D eigenvalue weighted by Crippen LogP contribution is 2.44. The van der Waals surface area contributed by atoms with Crippen LogP contribution >= 0.6 is 0 Å². The highest BCUT2D eigenvalue weighted by Gasteiger charge is 2.47. The predicted octanol–water partition coefficient (Wildman–Crippen LogP) is 3.42. The van der Waals surface area contributed by atoms with Crippen LogP contribution in [0.1, 0.15) is 17.2 Å². The van der Waals surface area contributed by atoms with E-state index in [1.807, 2.05) is 0 Å². The Hall–Kier alpha value is -4.13. The van der Waals surface area contributed by atoms with Gasteiger partial charge < -0.3 is 14.9 Å². The molecule has 1 fully saturated rings. The minimum atomic E-state index is -0.960. The number of phenolic OH excluding ortho intramolecular Hbond substituents is 1. The maximum Gasteiger partial charge on any atom is 0.300 e. The van der Waals surface area contributed by atoms with E-state index >= 15 is 0 Å². The summed E-state index contributed by atoms with van der Waals surface area (Å²) in [5.41, 5.74) is 0.922. The summed E-state index contributed by atoms with van der Waals surface area (Å²) in [5, 5.41) is 21.4. The molecular weight excluding hydrogens is 384 g/mol. The summed E-state index contributed by atoms with van der Waals surface area (Å²) in [6.07, 6.45) is 3.08. The van der Waals surface area contributed by atoms with Crippen molar-refractivity contribution in [3.63, 3.8) is 0 Å². The molecule has 1 unspecified atom stereocenters. The van der Waals surface area contributed by atoms with Gasteiger partial charge >= 0.3 is 0 Å². The Morgan fingerprint density at radius 3 is 2.57 bits per heavy atom. The van der Waals surface area contributed by atoms with Gasteiger partial charge in [-0.15, -0.1) is 0 Å². The van der Waals surface area contributed by atoms with Crippen molar-refractivity contribution in [3.8, 4) is 11.5 Å². The molecule has 0 saturated carbocycles. The molecule has 0 bridgehead atoms. The summed E-state index contributed by atoms with van der Waals surface area (Å²) in [6, 6.07) is 15.2. The molecule has 1 aliphatic rings. The minimum absolute atomic E-state index is 0.0930. The van der Waals surface area contributed by atoms with Crippen molar-refractivity contribution in [3.05, 3.63) is 89.8 Å². The van der Waals surface area contributed by atoms with E-state index in [1.54, 1.807) is 54.7 Å². The first-order valence-electron chi connectivity index (χ1n) is 9.16. The fraction of sp³-hybridized carbons (Fsp3) is 0.0870. The number of phenols is 1. The second-order valence-electron chi connectivity index (χ2n) is 6.68. The first-order chi connectivity index (χ1) is 14.5. The quantitative estimate of drug-likeness (QED) is 0.394. The van der Waals surface area contributed by atoms with Crippen LogP contribution in [0.2, 0.25) is 0 Å². The van der Waals surface area contributed by atoms with Gasteiger partial charge in [0, 0.05) is 18.0 Å². The number of Topliss-reactive ketones (excluding diaryl/α,β-unsaturated/α-hetero) is 1. The molecule has 7 nitrogen and oxygen atoms in total. The monoisotopic (exact) mass is 402 g/mol. The number of carbonyl (C=O) groups is 2. The van der Waals surface area contributed by atoms with Crippen LogP contribution in [0, 0.1) is 0 Å². The van der Waals surface area contributed by atoms with Gasteiger partial charge in [0.25, 0.3) is 11.7 Å². The smallest absolute Gasteiger partial charge is 0.300 e. The van der Waals surface area contributed by atoms with E-state index in [2.05, 4.69) is 4.98 Å². The molecule has 1 amide bonds. The number of aliphatic hydroxyl groups is 1. The van der Waals surface area contributed by atoms with Crippen molar-refractivity contribution < 1.29 is 24.5 Å². The van der Waals surface area contributed by atoms with Crippen LogP contribution in [-0.2, 0) is 9.59 Å². The Balaban J connectivity index is 1.96. The lowest BCUT2D eigenvalue weighted by Gasteiger charge is -2.25. The molecule has 0 aliphatic carbocycles. The molecule has 0 radical (unpaired) electrons. The molecule has 4 rings (SSSR count). The van der Waals surface area contributed by atoms with E-state index in [9.17, 15) is 19.8 Å². The number of aromatic nitrogens is 1. The van der Waals surface area contributed by atoms with Crippen molar-refractivity contribution in [1.82, 2.24) is 4.98 Å². The maximum atomic E-state index is 13.0. The average Bonchev–Trinajstić information content (AvgIpc) is 3.05. The first kappa shape index (κ1) is 19.2. The second-order valence-corrected chi connectivity index (χ2v) is 6.68. The third kappa shape index (κ3) is 3.16. The third-order valence-electron chi connectivity index (χ3n) is 4.93. The number of hydrogen-bond donors (Lipinski definition) is 2. The van der Waals surface area contributed by atoms with Crippen molar-refractivity contribution in [1.29, 1.82) is 0 Å². The molecule has 1 aromatic heterocycles. The van der Waals surface area contributed by atoms with E-state index < -0.39 is 17.7 Å². The highest BCUT2D eigenvalue weighted by molar-refractivity contribution is 6.51. The van der Waals surface area contributed by atoms with Gasteiger partial charge in [-0.25, -0.2) is 0 Å². The lowest BCUT2D eigenvalue weighted by molar-refractivity contribution is -0.132. The van der Waals surface area contributed by atoms with Gasteiger partial charge in [0.15, 0.2) is 0 Å². The van der Waals surface area contributed by atoms with E-state index in [0.717, 1.165) is 0 Å². The number of amides is 1. The van der Waals surface area contributed by atoms with Crippen LogP contribution in [0.3, 0.4) is 0 Å². The third-order valence-corrected chi connectivity index (χ3v) is 4.93. The number of aromatic hydroxyl groups is 1. The zero-order valence-electron chi connectivity index (χ0n) is 16.0. The predicted molar refractivity (Wildman–Crippen MR) is 110 cm³/mol. The molecule has 30 heavy (non-hydrogen) atoms. The number of para-hydroxylation sites is 2. The summed E-state index contributed by atoms with van der Waals surface area (Å²) in [7, 11) is 1.49. The zero-order valence-corrected chi connectivity index (χ0v) is 16.0. The summed E-state index contributed by atoms with van der Waals surface area (Å²) >= 11 is 0. The largest absolute Gasteiger partial charge is 0.507 e. The molecule has 1 aliphatic heterocycles. The van der Waals surface area contributed by atoms with Gasteiger partial charge in [-0.3, -0.25) is 19.5 Å². The van der Waals surface area contributed by atoms with Crippen LogP contribution in [0.25, 0.3) is 5.76 Å². The molecule has 7 heteroatoms. The standard InChI is InChI=1S/C23H18N2O5/c1-30-16-8-4-6-14(12-16)21(27)19-20(15-7-5-11-24-13-15)25(23(29)22(19)28)17-9-2-3-10-18(17)26/h2-13,20,26-27H,1H3/b21-19+. The molecule has 2 heterocycles. The topological polar surface area (TPSA) is 100.0 Å². The summed E-state index contributed by atoms with van der Waals surface area (Å²) in [4.78, 5) is 31.3. The summed E-state index contributed by atoms with van der Waals surface area (Å²) < 4.78 is 5.19. The van der Waals surface area contributed by atoms with Gasteiger partial charge in [-0.05, 0) is 35.9 Å². The number of hydrogen-bond acceptors (Lipinski definition) is 6. The number of benzene rings is 2. The Bertz CT molecular complexity index is 1160. The van der Waals surface area contributed by atoms with Crippen molar-refractivity contribution in [2.45, 2.75) is 6.04 Å². The van der Waals surface area contributed by atoms with E-state index in [4.69, 9.17) is 4.74 Å². The normalized spacial score (nSPS) is 17.9. The number of pyridine rings is 1. The number of ketones is 1. The first-order valence-corrected chi connectivity index (χ1v) is 9.16. The van der Waals surface area contributed by atoms with Gasteiger partial charge in [0.2, 0.25) is 0 Å². The van der Waals surface area contributed by atoms with Crippen molar-refractivity contribution in [2.75, 3.05) is 12.0 Å². The number of ether oxygens (including phenoxy) is 1. The van der Waals surface area contributed by atoms with Crippen molar-refractivity contribution in [2.24, 2.45) is 0 Å². The van der Waals surface area contributed by atoms with Gasteiger partial charge in [0.1, 0.15) is 17.3 Å².